The summed E-state index contributed by atoms with van der Waals surface area (Å²) in [6.45, 7) is -0.521. The maximum Gasteiger partial charge on any atom is 0.325 e. The van der Waals surface area contributed by atoms with Gasteiger partial charge in [-0.3, -0.25) is 9.59 Å². The summed E-state index contributed by atoms with van der Waals surface area (Å²) in [6.07, 6.45) is 0. The minimum absolute atomic E-state index is 0.113. The van der Waals surface area contributed by atoms with E-state index in [2.05, 4.69) is 15.5 Å². The highest BCUT2D eigenvalue weighted by molar-refractivity contribution is 6.33. The van der Waals surface area contributed by atoms with Gasteiger partial charge in [-0.25, -0.2) is 0 Å². The lowest BCUT2D eigenvalue weighted by atomic mass is 10.2. The zero-order valence-electron chi connectivity index (χ0n) is 14.8. The summed E-state index contributed by atoms with van der Waals surface area (Å²) in [5.74, 6) is -0.116. The molecule has 2 aromatic carbocycles. The van der Waals surface area contributed by atoms with Crippen molar-refractivity contribution >= 4 is 23.5 Å². The predicted octanol–water partition coefficient (Wildman–Crippen LogP) is 2.87. The van der Waals surface area contributed by atoms with Crippen LogP contribution >= 0.6 is 11.6 Å². The van der Waals surface area contributed by atoms with Gasteiger partial charge in [0.05, 0.1) is 12.1 Å². The largest absolute Gasteiger partial charge is 0.497 e. The van der Waals surface area contributed by atoms with Gasteiger partial charge in [0.2, 0.25) is 5.82 Å². The Kier molecular flexibility index (Phi) is 6.23. The van der Waals surface area contributed by atoms with Gasteiger partial charge in [0.15, 0.2) is 6.61 Å². The summed E-state index contributed by atoms with van der Waals surface area (Å²) in [5.41, 5.74) is 0.976. The van der Waals surface area contributed by atoms with Crippen LogP contribution in [-0.2, 0) is 16.1 Å². The Morgan fingerprint density at radius 3 is 2.79 bits per heavy atom. The first-order valence-corrected chi connectivity index (χ1v) is 8.60. The molecule has 1 amide bonds. The smallest absolute Gasteiger partial charge is 0.325 e. The number of carbonyl (C=O) groups is 2. The zero-order valence-corrected chi connectivity index (χ0v) is 15.6. The standard InChI is InChI=1S/C19H16ClN3O5/c1-26-13-6-4-5-12(9-13)19(25)21-10-17(24)27-11-16-22-18(23-28-16)14-7-2-3-8-15(14)20/h2-9H,10-11H2,1H3,(H,21,25). The molecule has 0 saturated carbocycles. The number of hydrogen-bond donors (Lipinski definition) is 1. The Hall–Kier alpha value is -3.39. The zero-order chi connectivity index (χ0) is 19.9. The van der Waals surface area contributed by atoms with E-state index in [0.29, 0.717) is 27.7 Å². The summed E-state index contributed by atoms with van der Waals surface area (Å²) >= 11 is 6.08. The maximum absolute atomic E-state index is 12.1. The van der Waals surface area contributed by atoms with E-state index in [0.717, 1.165) is 0 Å². The molecule has 3 rings (SSSR count). The monoisotopic (exact) mass is 401 g/mol. The van der Waals surface area contributed by atoms with Gasteiger partial charge in [-0.1, -0.05) is 35.0 Å². The van der Waals surface area contributed by atoms with Gasteiger partial charge in [0, 0.05) is 11.1 Å². The molecule has 1 N–H and O–H groups in total. The third kappa shape index (κ3) is 4.86. The van der Waals surface area contributed by atoms with Crippen LogP contribution in [0.5, 0.6) is 5.75 Å². The van der Waals surface area contributed by atoms with Crippen molar-refractivity contribution in [3.8, 4) is 17.1 Å². The van der Waals surface area contributed by atoms with Crippen LogP contribution in [0.3, 0.4) is 0 Å². The molecular formula is C19H16ClN3O5. The minimum Gasteiger partial charge on any atom is -0.497 e. The highest BCUT2D eigenvalue weighted by atomic mass is 35.5. The molecular weight excluding hydrogens is 386 g/mol. The van der Waals surface area contributed by atoms with Crippen molar-refractivity contribution < 1.29 is 23.6 Å². The highest BCUT2D eigenvalue weighted by Gasteiger charge is 2.14. The number of nitrogens with one attached hydrogen (secondary N) is 1. The molecule has 9 heteroatoms. The molecule has 0 bridgehead atoms. The van der Waals surface area contributed by atoms with Crippen molar-refractivity contribution in [3.63, 3.8) is 0 Å². The second kappa shape index (κ2) is 9.01. The first-order chi connectivity index (χ1) is 13.6. The molecule has 1 aromatic heterocycles. The summed E-state index contributed by atoms with van der Waals surface area (Å²) in [7, 11) is 1.50. The first-order valence-electron chi connectivity index (χ1n) is 8.22. The quantitative estimate of drug-likeness (QED) is 0.607. The normalized spacial score (nSPS) is 10.4. The fourth-order valence-corrected chi connectivity index (χ4v) is 2.50. The highest BCUT2D eigenvalue weighted by Crippen LogP contribution is 2.24. The Morgan fingerprint density at radius 2 is 2.00 bits per heavy atom. The molecule has 0 radical (unpaired) electrons. The number of aromatic nitrogens is 2. The number of benzene rings is 2. The lowest BCUT2D eigenvalue weighted by Crippen LogP contribution is -2.30. The second-order valence-corrected chi connectivity index (χ2v) is 5.97. The predicted molar refractivity (Wildman–Crippen MR) is 99.9 cm³/mol. The fourth-order valence-electron chi connectivity index (χ4n) is 2.28. The van der Waals surface area contributed by atoms with Gasteiger partial charge in [-0.15, -0.1) is 0 Å². The van der Waals surface area contributed by atoms with E-state index in [1.54, 1.807) is 48.5 Å². The number of methoxy groups -OCH3 is 1. The molecule has 0 fully saturated rings. The molecule has 0 spiro atoms. The molecule has 0 atom stereocenters. The third-order valence-electron chi connectivity index (χ3n) is 3.66. The number of halogens is 1. The van der Waals surface area contributed by atoms with Crippen LogP contribution in [0, 0.1) is 0 Å². The lowest BCUT2D eigenvalue weighted by molar-refractivity contribution is -0.144. The third-order valence-corrected chi connectivity index (χ3v) is 3.99. The number of rotatable bonds is 7. The summed E-state index contributed by atoms with van der Waals surface area (Å²) in [4.78, 5) is 28.0. The molecule has 0 aliphatic rings. The number of ether oxygens (including phenoxy) is 2. The van der Waals surface area contributed by atoms with Gasteiger partial charge in [-0.2, -0.15) is 4.98 Å². The van der Waals surface area contributed by atoms with E-state index in [1.165, 1.54) is 7.11 Å². The van der Waals surface area contributed by atoms with Crippen LogP contribution in [0.2, 0.25) is 5.02 Å². The molecule has 0 aliphatic carbocycles. The SMILES string of the molecule is COc1cccc(C(=O)NCC(=O)OCc2nc(-c3ccccc3Cl)no2)c1. The van der Waals surface area contributed by atoms with Crippen molar-refractivity contribution in [3.05, 3.63) is 65.0 Å². The second-order valence-electron chi connectivity index (χ2n) is 5.57. The number of carbonyl (C=O) groups excluding carboxylic acids is 2. The molecule has 0 aliphatic heterocycles. The van der Waals surface area contributed by atoms with Crippen LogP contribution in [0.15, 0.2) is 53.1 Å². The minimum atomic E-state index is -0.645. The van der Waals surface area contributed by atoms with E-state index in [9.17, 15) is 9.59 Å². The van der Waals surface area contributed by atoms with Crippen LogP contribution in [0.4, 0.5) is 0 Å². The van der Waals surface area contributed by atoms with Gasteiger partial charge in [0.25, 0.3) is 11.8 Å². The molecule has 8 nitrogen and oxygen atoms in total. The lowest BCUT2D eigenvalue weighted by Gasteiger charge is -2.06. The van der Waals surface area contributed by atoms with Gasteiger partial charge < -0.3 is 19.3 Å². The van der Waals surface area contributed by atoms with Crippen LogP contribution in [-0.4, -0.2) is 35.7 Å². The Balaban J connectivity index is 1.49. The van der Waals surface area contributed by atoms with Crippen molar-refractivity contribution in [2.24, 2.45) is 0 Å². The Bertz CT molecular complexity index is 989. The number of nitrogens with zero attached hydrogens (tertiary/aromatic N) is 2. The van der Waals surface area contributed by atoms with Crippen LogP contribution in [0.1, 0.15) is 16.2 Å². The van der Waals surface area contributed by atoms with Crippen molar-refractivity contribution in [1.82, 2.24) is 15.5 Å². The van der Waals surface area contributed by atoms with Crippen molar-refractivity contribution in [2.75, 3.05) is 13.7 Å². The molecule has 28 heavy (non-hydrogen) atoms. The van der Waals surface area contributed by atoms with Crippen LogP contribution in [0.25, 0.3) is 11.4 Å². The molecule has 144 valence electrons. The number of hydrogen-bond acceptors (Lipinski definition) is 7. The van der Waals surface area contributed by atoms with Crippen molar-refractivity contribution in [1.29, 1.82) is 0 Å². The maximum atomic E-state index is 12.1. The van der Waals surface area contributed by atoms with Gasteiger partial charge in [0.1, 0.15) is 12.3 Å². The Morgan fingerprint density at radius 1 is 1.18 bits per heavy atom. The number of esters is 1. The first kappa shape index (κ1) is 19.4. The molecule has 3 aromatic rings. The van der Waals surface area contributed by atoms with Gasteiger partial charge in [-0.05, 0) is 30.3 Å². The van der Waals surface area contributed by atoms with Crippen LogP contribution < -0.4 is 10.1 Å². The molecule has 1 heterocycles. The molecule has 0 unspecified atom stereocenters. The topological polar surface area (TPSA) is 104 Å². The van der Waals surface area contributed by atoms with E-state index in [-0.39, 0.29) is 19.0 Å². The van der Waals surface area contributed by atoms with Crippen molar-refractivity contribution in [2.45, 2.75) is 6.61 Å². The van der Waals surface area contributed by atoms with E-state index >= 15 is 0 Å². The summed E-state index contributed by atoms with van der Waals surface area (Å²) in [5, 5.41) is 6.76. The molecule has 0 saturated heterocycles. The van der Waals surface area contributed by atoms with E-state index < -0.39 is 11.9 Å². The average Bonchev–Trinajstić information content (AvgIpc) is 3.19. The number of amides is 1. The summed E-state index contributed by atoms with van der Waals surface area (Å²) < 4.78 is 15.1. The average molecular weight is 402 g/mol. The van der Waals surface area contributed by atoms with E-state index in [4.69, 9.17) is 25.6 Å². The summed E-state index contributed by atoms with van der Waals surface area (Å²) in [6, 6.07) is 13.6. The Labute approximate surface area is 165 Å². The van der Waals surface area contributed by atoms with Gasteiger partial charge >= 0.3 is 5.97 Å². The van der Waals surface area contributed by atoms with E-state index in [1.807, 2.05) is 0 Å². The fraction of sp³-hybridized carbons (Fsp3) is 0.158.